The Morgan fingerprint density at radius 3 is 2.65 bits per heavy atom. The number of aromatic nitrogens is 3. The Balaban J connectivity index is 2.29. The Bertz CT molecular complexity index is 741. The molecule has 1 aromatic carbocycles. The predicted octanol–water partition coefficient (Wildman–Crippen LogP) is 3.93. The lowest BCUT2D eigenvalue weighted by molar-refractivity contribution is 0.615. The molecule has 2 aromatic heterocycles. The monoisotopic (exact) mass is 265 g/mol. The molecule has 0 N–H and O–H groups in total. The molecular weight excluding hydrogens is 246 g/mol. The van der Waals surface area contributed by atoms with Crippen LogP contribution < -0.4 is 0 Å². The average Bonchev–Trinajstić information content (AvgIpc) is 2.76. The molecular formula is C17H19N3. The molecule has 0 unspecified atom stereocenters. The molecule has 3 aromatic rings. The zero-order valence-corrected chi connectivity index (χ0v) is 12.2. The molecule has 0 radical (unpaired) electrons. The highest BCUT2D eigenvalue weighted by Crippen LogP contribution is 2.23. The number of hydrogen-bond donors (Lipinski definition) is 0. The van der Waals surface area contributed by atoms with Gasteiger partial charge in [0, 0.05) is 12.6 Å². The van der Waals surface area contributed by atoms with E-state index in [1.54, 1.807) is 0 Å². The summed E-state index contributed by atoms with van der Waals surface area (Å²) < 4.78 is 2.20. The normalized spacial score (nSPS) is 11.4. The van der Waals surface area contributed by atoms with Crippen molar-refractivity contribution in [3.8, 4) is 5.69 Å². The van der Waals surface area contributed by atoms with Gasteiger partial charge in [0.1, 0.15) is 11.3 Å². The molecule has 0 fully saturated rings. The van der Waals surface area contributed by atoms with Crippen molar-refractivity contribution in [1.29, 1.82) is 0 Å². The molecule has 0 aliphatic heterocycles. The van der Waals surface area contributed by atoms with E-state index in [1.807, 2.05) is 18.3 Å². The highest BCUT2D eigenvalue weighted by molar-refractivity contribution is 5.74. The lowest BCUT2D eigenvalue weighted by Gasteiger charge is -2.12. The van der Waals surface area contributed by atoms with Gasteiger partial charge in [-0.1, -0.05) is 32.0 Å². The standard InChI is InChI=1S/C17H19N3/c1-12(2)11-16-19-14-8-6-10-18-17(14)20(16)15-9-5-4-7-13(15)3/h4-10,12H,11H2,1-3H3. The molecule has 0 spiro atoms. The fourth-order valence-corrected chi connectivity index (χ4v) is 2.53. The quantitative estimate of drug-likeness (QED) is 0.718. The molecule has 0 saturated heterocycles. The van der Waals surface area contributed by atoms with Crippen molar-refractivity contribution in [3.63, 3.8) is 0 Å². The van der Waals surface area contributed by atoms with Gasteiger partial charge in [-0.25, -0.2) is 9.97 Å². The second-order valence-corrected chi connectivity index (χ2v) is 5.59. The number of aryl methyl sites for hydroxylation is 1. The van der Waals surface area contributed by atoms with Gasteiger partial charge in [0.05, 0.1) is 5.69 Å². The minimum absolute atomic E-state index is 0.564. The number of nitrogens with zero attached hydrogens (tertiary/aromatic N) is 3. The van der Waals surface area contributed by atoms with E-state index in [-0.39, 0.29) is 0 Å². The number of fused-ring (bicyclic) bond motifs is 1. The van der Waals surface area contributed by atoms with E-state index in [1.165, 1.54) is 11.3 Å². The number of imidazole rings is 1. The van der Waals surface area contributed by atoms with Crippen LogP contribution in [0.5, 0.6) is 0 Å². The van der Waals surface area contributed by atoms with Crippen LogP contribution in [0, 0.1) is 12.8 Å². The Kier molecular flexibility index (Phi) is 3.26. The van der Waals surface area contributed by atoms with Crippen LogP contribution in [0.1, 0.15) is 25.2 Å². The molecule has 3 heteroatoms. The van der Waals surface area contributed by atoms with E-state index in [0.717, 1.165) is 23.4 Å². The number of para-hydroxylation sites is 1. The first-order valence-electron chi connectivity index (χ1n) is 7.05. The maximum absolute atomic E-state index is 4.77. The van der Waals surface area contributed by atoms with Crippen molar-refractivity contribution < 1.29 is 0 Å². The Morgan fingerprint density at radius 1 is 1.10 bits per heavy atom. The summed E-state index contributed by atoms with van der Waals surface area (Å²) in [4.78, 5) is 9.30. The second kappa shape index (κ2) is 5.08. The third kappa shape index (κ3) is 2.20. The van der Waals surface area contributed by atoms with Crippen LogP contribution in [-0.4, -0.2) is 14.5 Å². The van der Waals surface area contributed by atoms with Gasteiger partial charge >= 0.3 is 0 Å². The lowest BCUT2D eigenvalue weighted by Crippen LogP contribution is -2.06. The van der Waals surface area contributed by atoms with E-state index in [0.29, 0.717) is 5.92 Å². The van der Waals surface area contributed by atoms with Crippen molar-refractivity contribution in [2.24, 2.45) is 5.92 Å². The Morgan fingerprint density at radius 2 is 1.90 bits per heavy atom. The fourth-order valence-electron chi connectivity index (χ4n) is 2.53. The lowest BCUT2D eigenvalue weighted by atomic mass is 10.1. The largest absolute Gasteiger partial charge is 0.280 e. The average molecular weight is 265 g/mol. The molecule has 0 aliphatic rings. The number of benzene rings is 1. The molecule has 3 nitrogen and oxygen atoms in total. The molecule has 2 heterocycles. The van der Waals surface area contributed by atoms with Crippen LogP contribution in [0.3, 0.4) is 0 Å². The molecule has 3 rings (SSSR count). The van der Waals surface area contributed by atoms with Gasteiger partial charge in [-0.3, -0.25) is 4.57 Å². The van der Waals surface area contributed by atoms with Gasteiger partial charge < -0.3 is 0 Å². The minimum Gasteiger partial charge on any atom is -0.280 e. The predicted molar refractivity (Wildman–Crippen MR) is 82.1 cm³/mol. The summed E-state index contributed by atoms with van der Waals surface area (Å²) in [5.74, 6) is 1.65. The van der Waals surface area contributed by atoms with Crippen molar-refractivity contribution in [3.05, 3.63) is 54.0 Å². The summed E-state index contributed by atoms with van der Waals surface area (Å²) in [5, 5.41) is 0. The van der Waals surface area contributed by atoms with Gasteiger partial charge in [0.2, 0.25) is 0 Å². The van der Waals surface area contributed by atoms with E-state index < -0.39 is 0 Å². The minimum atomic E-state index is 0.564. The molecule has 20 heavy (non-hydrogen) atoms. The summed E-state index contributed by atoms with van der Waals surface area (Å²) in [5.41, 5.74) is 4.32. The van der Waals surface area contributed by atoms with Crippen LogP contribution in [0.4, 0.5) is 0 Å². The molecule has 0 bridgehead atoms. The summed E-state index contributed by atoms with van der Waals surface area (Å²) >= 11 is 0. The number of pyridine rings is 1. The molecule has 0 atom stereocenters. The highest BCUT2D eigenvalue weighted by atomic mass is 15.1. The van der Waals surface area contributed by atoms with Crippen molar-refractivity contribution in [1.82, 2.24) is 14.5 Å². The summed E-state index contributed by atoms with van der Waals surface area (Å²) in [6.07, 6.45) is 2.78. The van der Waals surface area contributed by atoms with Crippen LogP contribution in [0.25, 0.3) is 16.9 Å². The van der Waals surface area contributed by atoms with Gasteiger partial charge in [0.15, 0.2) is 5.65 Å². The van der Waals surface area contributed by atoms with Crippen molar-refractivity contribution in [2.75, 3.05) is 0 Å². The van der Waals surface area contributed by atoms with Crippen LogP contribution in [0.15, 0.2) is 42.6 Å². The number of rotatable bonds is 3. The van der Waals surface area contributed by atoms with Crippen molar-refractivity contribution >= 4 is 11.2 Å². The zero-order chi connectivity index (χ0) is 14.1. The van der Waals surface area contributed by atoms with Crippen LogP contribution >= 0.6 is 0 Å². The van der Waals surface area contributed by atoms with Gasteiger partial charge in [-0.05, 0) is 36.6 Å². The van der Waals surface area contributed by atoms with Crippen molar-refractivity contribution in [2.45, 2.75) is 27.2 Å². The smallest absolute Gasteiger partial charge is 0.164 e. The maximum atomic E-state index is 4.77. The molecule has 0 amide bonds. The van der Waals surface area contributed by atoms with Crippen LogP contribution in [-0.2, 0) is 6.42 Å². The Hall–Kier alpha value is -2.16. The SMILES string of the molecule is Cc1ccccc1-n1c(CC(C)C)nc2cccnc21. The highest BCUT2D eigenvalue weighted by Gasteiger charge is 2.15. The summed E-state index contributed by atoms with van der Waals surface area (Å²) in [6, 6.07) is 12.4. The second-order valence-electron chi connectivity index (χ2n) is 5.59. The first-order valence-corrected chi connectivity index (χ1v) is 7.05. The zero-order valence-electron chi connectivity index (χ0n) is 12.2. The van der Waals surface area contributed by atoms with E-state index in [4.69, 9.17) is 4.98 Å². The fraction of sp³-hybridized carbons (Fsp3) is 0.294. The first kappa shape index (κ1) is 12.9. The van der Waals surface area contributed by atoms with Gasteiger partial charge in [0.25, 0.3) is 0 Å². The van der Waals surface area contributed by atoms with E-state index >= 15 is 0 Å². The third-order valence-corrected chi connectivity index (χ3v) is 3.43. The molecule has 0 saturated carbocycles. The number of hydrogen-bond acceptors (Lipinski definition) is 2. The van der Waals surface area contributed by atoms with E-state index in [9.17, 15) is 0 Å². The molecule has 0 aliphatic carbocycles. The summed E-state index contributed by atoms with van der Waals surface area (Å²) in [7, 11) is 0. The summed E-state index contributed by atoms with van der Waals surface area (Å²) in [6.45, 7) is 6.56. The van der Waals surface area contributed by atoms with Gasteiger partial charge in [-0.15, -0.1) is 0 Å². The van der Waals surface area contributed by atoms with Gasteiger partial charge in [-0.2, -0.15) is 0 Å². The third-order valence-electron chi connectivity index (χ3n) is 3.43. The van der Waals surface area contributed by atoms with Crippen LogP contribution in [0.2, 0.25) is 0 Å². The molecule has 102 valence electrons. The first-order chi connectivity index (χ1) is 9.66. The Labute approximate surface area is 119 Å². The van der Waals surface area contributed by atoms with E-state index in [2.05, 4.69) is 54.6 Å². The topological polar surface area (TPSA) is 30.7 Å². The maximum Gasteiger partial charge on any atom is 0.164 e.